The van der Waals surface area contributed by atoms with Crippen LogP contribution in [-0.4, -0.2) is 31.0 Å². The molecule has 0 fully saturated rings. The molecule has 0 spiro atoms. The van der Waals surface area contributed by atoms with E-state index in [0.29, 0.717) is 19.7 Å². The fourth-order valence-electron chi connectivity index (χ4n) is 1.31. The molecule has 0 amide bonds. The van der Waals surface area contributed by atoms with Crippen molar-refractivity contribution in [3.05, 3.63) is 29.8 Å². The minimum atomic E-state index is -4.14. The molecular formula is C12H16F3NOS. The maximum atomic E-state index is 11.8. The van der Waals surface area contributed by atoms with E-state index in [2.05, 4.69) is 5.32 Å². The lowest BCUT2D eigenvalue weighted by atomic mass is 10.2. The lowest BCUT2D eigenvalue weighted by Gasteiger charge is -2.08. The van der Waals surface area contributed by atoms with E-state index >= 15 is 0 Å². The second kappa shape index (κ2) is 7.53. The Bertz CT molecular complexity index is 357. The second-order valence-electron chi connectivity index (χ2n) is 3.71. The number of benzene rings is 1. The van der Waals surface area contributed by atoms with Crippen molar-refractivity contribution >= 4 is 11.8 Å². The summed E-state index contributed by atoms with van der Waals surface area (Å²) < 4.78 is 40.8. The van der Waals surface area contributed by atoms with Crippen LogP contribution in [0.25, 0.3) is 0 Å². The Kier molecular flexibility index (Phi) is 6.35. The minimum absolute atomic E-state index is 0.0134. The largest absolute Gasteiger partial charge is 0.492 e. The average Bonchev–Trinajstić information content (AvgIpc) is 2.26. The zero-order valence-corrected chi connectivity index (χ0v) is 10.9. The Morgan fingerprint density at radius 1 is 1.28 bits per heavy atom. The van der Waals surface area contributed by atoms with Crippen LogP contribution in [0.3, 0.4) is 0 Å². The molecule has 0 atom stereocenters. The number of rotatable bonds is 7. The van der Waals surface area contributed by atoms with Gasteiger partial charge in [0.1, 0.15) is 12.4 Å². The van der Waals surface area contributed by atoms with Crippen molar-refractivity contribution in [3.63, 3.8) is 0 Å². The number of halogens is 3. The van der Waals surface area contributed by atoms with Crippen LogP contribution in [0.15, 0.2) is 24.3 Å². The van der Waals surface area contributed by atoms with Gasteiger partial charge in [-0.2, -0.15) is 13.2 Å². The lowest BCUT2D eigenvalue weighted by molar-refractivity contribution is -0.0327. The van der Waals surface area contributed by atoms with Crippen molar-refractivity contribution in [2.75, 3.05) is 25.4 Å². The van der Waals surface area contributed by atoms with Crippen LogP contribution in [0.1, 0.15) is 5.56 Å². The Labute approximate surface area is 109 Å². The smallest absolute Gasteiger partial charge is 0.441 e. The third-order valence-corrected chi connectivity index (χ3v) is 2.82. The number of alkyl halides is 3. The predicted octanol–water partition coefficient (Wildman–Crippen LogP) is 3.22. The zero-order chi connectivity index (χ0) is 13.4. The summed E-state index contributed by atoms with van der Waals surface area (Å²) in [6, 6.07) is 7.64. The van der Waals surface area contributed by atoms with Gasteiger partial charge < -0.3 is 10.1 Å². The topological polar surface area (TPSA) is 21.3 Å². The van der Waals surface area contributed by atoms with Gasteiger partial charge in [-0.1, -0.05) is 12.1 Å². The summed E-state index contributed by atoms with van der Waals surface area (Å²) in [5.74, 6) is 0.801. The van der Waals surface area contributed by atoms with Crippen LogP contribution >= 0.6 is 11.8 Å². The first kappa shape index (κ1) is 15.2. The van der Waals surface area contributed by atoms with Gasteiger partial charge in [-0.15, -0.1) is 0 Å². The van der Waals surface area contributed by atoms with Gasteiger partial charge in [0.25, 0.3) is 0 Å². The van der Waals surface area contributed by atoms with Gasteiger partial charge >= 0.3 is 5.51 Å². The predicted molar refractivity (Wildman–Crippen MR) is 68.1 cm³/mol. The number of thioether (sulfide) groups is 1. The number of ether oxygens (including phenoxy) is 1. The van der Waals surface area contributed by atoms with E-state index in [1.165, 1.54) is 0 Å². The summed E-state index contributed by atoms with van der Waals surface area (Å²) in [4.78, 5) is 0. The first-order chi connectivity index (χ1) is 8.47. The Morgan fingerprint density at radius 3 is 2.72 bits per heavy atom. The minimum Gasteiger partial charge on any atom is -0.492 e. The van der Waals surface area contributed by atoms with E-state index in [-0.39, 0.29) is 17.5 Å². The summed E-state index contributed by atoms with van der Waals surface area (Å²) >= 11 is -0.0134. The van der Waals surface area contributed by atoms with Crippen molar-refractivity contribution in [2.24, 2.45) is 0 Å². The van der Waals surface area contributed by atoms with Crippen molar-refractivity contribution in [3.8, 4) is 5.75 Å². The van der Waals surface area contributed by atoms with Crippen LogP contribution < -0.4 is 10.1 Å². The molecule has 0 aromatic heterocycles. The highest BCUT2D eigenvalue weighted by Gasteiger charge is 2.27. The van der Waals surface area contributed by atoms with Crippen LogP contribution in [0.2, 0.25) is 0 Å². The van der Waals surface area contributed by atoms with Gasteiger partial charge in [-0.25, -0.2) is 0 Å². The normalized spacial score (nSPS) is 11.6. The van der Waals surface area contributed by atoms with Gasteiger partial charge in [-0.05, 0) is 36.4 Å². The van der Waals surface area contributed by atoms with Gasteiger partial charge in [-0.3, -0.25) is 0 Å². The van der Waals surface area contributed by atoms with E-state index in [1.807, 2.05) is 31.2 Å². The third kappa shape index (κ3) is 7.45. The van der Waals surface area contributed by atoms with E-state index in [9.17, 15) is 13.2 Å². The number of hydrogen-bond acceptors (Lipinski definition) is 3. The van der Waals surface area contributed by atoms with Crippen LogP contribution in [0, 0.1) is 6.92 Å². The molecule has 0 radical (unpaired) electrons. The third-order valence-electron chi connectivity index (χ3n) is 2.08. The molecular weight excluding hydrogens is 263 g/mol. The SMILES string of the molecule is Cc1cccc(OCCNCCSC(F)(F)F)c1. The van der Waals surface area contributed by atoms with Crippen LogP contribution in [-0.2, 0) is 0 Å². The highest BCUT2D eigenvalue weighted by molar-refractivity contribution is 8.00. The molecule has 6 heteroatoms. The second-order valence-corrected chi connectivity index (χ2v) is 4.87. The molecule has 1 N–H and O–H groups in total. The average molecular weight is 279 g/mol. The summed E-state index contributed by atoms with van der Waals surface area (Å²) in [7, 11) is 0. The molecule has 0 aliphatic rings. The van der Waals surface area contributed by atoms with E-state index in [0.717, 1.165) is 11.3 Å². The summed E-state index contributed by atoms with van der Waals surface area (Å²) in [5, 5.41) is 2.90. The molecule has 0 unspecified atom stereocenters. The fraction of sp³-hybridized carbons (Fsp3) is 0.500. The van der Waals surface area contributed by atoms with Crippen LogP contribution in [0.4, 0.5) is 13.2 Å². The van der Waals surface area contributed by atoms with E-state index in [4.69, 9.17) is 4.74 Å². The first-order valence-electron chi connectivity index (χ1n) is 5.58. The molecule has 1 aromatic carbocycles. The molecule has 0 aliphatic carbocycles. The summed E-state index contributed by atoms with van der Waals surface area (Å²) in [5.41, 5.74) is -3.03. The van der Waals surface area contributed by atoms with Crippen molar-refractivity contribution in [1.29, 1.82) is 0 Å². The van der Waals surface area contributed by atoms with Gasteiger partial charge in [0.15, 0.2) is 0 Å². The molecule has 0 bridgehead atoms. The number of nitrogens with one attached hydrogen (secondary N) is 1. The van der Waals surface area contributed by atoms with E-state index in [1.54, 1.807) is 0 Å². The van der Waals surface area contributed by atoms with Crippen molar-refractivity contribution < 1.29 is 17.9 Å². The highest BCUT2D eigenvalue weighted by atomic mass is 32.2. The van der Waals surface area contributed by atoms with Crippen molar-refractivity contribution in [1.82, 2.24) is 5.32 Å². The van der Waals surface area contributed by atoms with E-state index < -0.39 is 5.51 Å². The Balaban J connectivity index is 2.02. The quantitative estimate of drug-likeness (QED) is 0.774. The van der Waals surface area contributed by atoms with Crippen molar-refractivity contribution in [2.45, 2.75) is 12.4 Å². The maximum Gasteiger partial charge on any atom is 0.441 e. The molecule has 0 saturated carbocycles. The Hall–Kier alpha value is -0.880. The molecule has 2 nitrogen and oxygen atoms in total. The molecule has 1 rings (SSSR count). The first-order valence-corrected chi connectivity index (χ1v) is 6.57. The molecule has 18 heavy (non-hydrogen) atoms. The number of aryl methyl sites for hydroxylation is 1. The standard InChI is InChI=1S/C12H16F3NOS/c1-10-3-2-4-11(9-10)17-7-5-16-6-8-18-12(13,14)15/h2-4,9,16H,5-8H2,1H3. The van der Waals surface area contributed by atoms with Gasteiger partial charge in [0.05, 0.1) is 0 Å². The summed E-state index contributed by atoms with van der Waals surface area (Å²) in [6.45, 7) is 3.27. The summed E-state index contributed by atoms with van der Waals surface area (Å²) in [6.07, 6.45) is 0. The highest BCUT2D eigenvalue weighted by Crippen LogP contribution is 2.29. The maximum absolute atomic E-state index is 11.8. The molecule has 102 valence electrons. The molecule has 0 aliphatic heterocycles. The lowest BCUT2D eigenvalue weighted by Crippen LogP contribution is -2.24. The Morgan fingerprint density at radius 2 is 2.06 bits per heavy atom. The monoisotopic (exact) mass is 279 g/mol. The van der Waals surface area contributed by atoms with Gasteiger partial charge in [0, 0.05) is 18.8 Å². The zero-order valence-electron chi connectivity index (χ0n) is 10.1. The molecule has 1 aromatic rings. The molecule has 0 saturated heterocycles. The fourth-order valence-corrected chi connectivity index (χ4v) is 1.79. The molecule has 0 heterocycles. The van der Waals surface area contributed by atoms with Crippen LogP contribution in [0.5, 0.6) is 5.75 Å². The van der Waals surface area contributed by atoms with Gasteiger partial charge in [0.2, 0.25) is 0 Å². The number of hydrogen-bond donors (Lipinski definition) is 1.